The molecule has 1 aromatic heterocycles. The molecule has 0 unspecified atom stereocenters. The number of piperidine rings is 1. The Hall–Kier alpha value is -1.90. The van der Waals surface area contributed by atoms with E-state index in [0.717, 1.165) is 32.5 Å². The number of carbonyl (C=O) groups excluding carboxylic acids is 2. The van der Waals surface area contributed by atoms with Gasteiger partial charge in [-0.3, -0.25) is 9.59 Å². The van der Waals surface area contributed by atoms with Gasteiger partial charge < -0.3 is 28.6 Å². The van der Waals surface area contributed by atoms with E-state index in [1.165, 1.54) is 6.26 Å². The van der Waals surface area contributed by atoms with Crippen molar-refractivity contribution in [1.82, 2.24) is 14.7 Å². The summed E-state index contributed by atoms with van der Waals surface area (Å²) in [5, 5.41) is 0. The molecule has 0 aliphatic carbocycles. The zero-order valence-electron chi connectivity index (χ0n) is 15.6. The number of likely N-dealkylation sites (tertiary alicyclic amines) is 1. The van der Waals surface area contributed by atoms with Gasteiger partial charge in [-0.05, 0) is 12.1 Å². The van der Waals surface area contributed by atoms with Crippen LogP contribution in [-0.4, -0.2) is 91.3 Å². The maximum Gasteiger partial charge on any atom is 0.289 e. The van der Waals surface area contributed by atoms with Gasteiger partial charge in [0.05, 0.1) is 19.5 Å². The van der Waals surface area contributed by atoms with Crippen molar-refractivity contribution in [2.45, 2.75) is 25.0 Å². The Labute approximate surface area is 159 Å². The van der Waals surface area contributed by atoms with Crippen LogP contribution < -0.4 is 0 Å². The third-order valence-corrected chi connectivity index (χ3v) is 5.72. The summed E-state index contributed by atoms with van der Waals surface area (Å²) in [6.45, 7) is 6.20. The molecule has 27 heavy (non-hydrogen) atoms. The number of rotatable bonds is 4. The van der Waals surface area contributed by atoms with Gasteiger partial charge in [0.15, 0.2) is 11.5 Å². The lowest BCUT2D eigenvalue weighted by molar-refractivity contribution is -0.185. The summed E-state index contributed by atoms with van der Waals surface area (Å²) in [6.07, 6.45) is 3.75. The van der Waals surface area contributed by atoms with E-state index >= 15 is 0 Å². The lowest BCUT2D eigenvalue weighted by Crippen LogP contribution is -2.51. The Kier molecular flexibility index (Phi) is 5.47. The van der Waals surface area contributed by atoms with Crippen LogP contribution in [-0.2, 0) is 14.3 Å². The van der Waals surface area contributed by atoms with E-state index in [0.29, 0.717) is 51.6 Å². The average Bonchev–Trinajstić information content (AvgIpc) is 3.40. The minimum atomic E-state index is -0.364. The second kappa shape index (κ2) is 8.00. The minimum absolute atomic E-state index is 0.106. The predicted molar refractivity (Wildman–Crippen MR) is 96.1 cm³/mol. The Bertz CT molecular complexity index is 638. The van der Waals surface area contributed by atoms with Gasteiger partial charge in [0, 0.05) is 65.1 Å². The predicted octanol–water partition coefficient (Wildman–Crippen LogP) is 0.793. The summed E-state index contributed by atoms with van der Waals surface area (Å²) >= 11 is 0. The van der Waals surface area contributed by atoms with Gasteiger partial charge in [-0.15, -0.1) is 0 Å². The first-order valence-electron chi connectivity index (χ1n) is 9.76. The Morgan fingerprint density at radius 3 is 2.26 bits per heavy atom. The van der Waals surface area contributed by atoms with Crippen molar-refractivity contribution < 1.29 is 23.5 Å². The van der Waals surface area contributed by atoms with E-state index in [4.69, 9.17) is 13.9 Å². The van der Waals surface area contributed by atoms with Crippen LogP contribution in [0.2, 0.25) is 0 Å². The fraction of sp³-hybridized carbons (Fsp3) is 0.684. The molecule has 4 heterocycles. The number of ether oxygens (including phenoxy) is 2. The van der Waals surface area contributed by atoms with Crippen molar-refractivity contribution >= 4 is 11.8 Å². The van der Waals surface area contributed by atoms with Gasteiger partial charge >= 0.3 is 0 Å². The quantitative estimate of drug-likeness (QED) is 0.772. The Balaban J connectivity index is 1.17. The van der Waals surface area contributed by atoms with Crippen LogP contribution in [0.5, 0.6) is 0 Å². The molecular formula is C19H27N3O5. The van der Waals surface area contributed by atoms with Gasteiger partial charge in [0.25, 0.3) is 5.91 Å². The molecule has 3 fully saturated rings. The van der Waals surface area contributed by atoms with Crippen LogP contribution in [0, 0.1) is 0 Å². The van der Waals surface area contributed by atoms with Crippen molar-refractivity contribution in [2.24, 2.45) is 0 Å². The largest absolute Gasteiger partial charge is 0.459 e. The van der Waals surface area contributed by atoms with Crippen LogP contribution in [0.25, 0.3) is 0 Å². The summed E-state index contributed by atoms with van der Waals surface area (Å²) in [4.78, 5) is 30.7. The lowest BCUT2D eigenvalue weighted by atomic mass is 10.0. The van der Waals surface area contributed by atoms with E-state index in [9.17, 15) is 9.59 Å². The topological polar surface area (TPSA) is 75.5 Å². The van der Waals surface area contributed by atoms with Crippen molar-refractivity contribution in [1.29, 1.82) is 0 Å². The highest BCUT2D eigenvalue weighted by molar-refractivity contribution is 5.91. The molecule has 2 amide bonds. The third kappa shape index (κ3) is 4.17. The third-order valence-electron chi connectivity index (χ3n) is 5.72. The molecule has 1 spiro atoms. The summed E-state index contributed by atoms with van der Waals surface area (Å²) in [7, 11) is 0. The van der Waals surface area contributed by atoms with E-state index in [2.05, 4.69) is 4.90 Å². The Morgan fingerprint density at radius 1 is 0.963 bits per heavy atom. The Morgan fingerprint density at radius 2 is 1.63 bits per heavy atom. The summed E-state index contributed by atoms with van der Waals surface area (Å²) in [6, 6.07) is 3.38. The zero-order chi connectivity index (χ0) is 18.7. The zero-order valence-corrected chi connectivity index (χ0v) is 15.6. The molecule has 3 aliphatic rings. The van der Waals surface area contributed by atoms with E-state index in [1.807, 2.05) is 4.90 Å². The maximum absolute atomic E-state index is 12.5. The first kappa shape index (κ1) is 18.5. The molecule has 0 saturated carbocycles. The molecular weight excluding hydrogens is 350 g/mol. The number of furan rings is 1. The average molecular weight is 377 g/mol. The van der Waals surface area contributed by atoms with Gasteiger partial charge in [-0.25, -0.2) is 0 Å². The number of amides is 2. The number of carbonyl (C=O) groups is 2. The number of nitrogens with zero attached hydrogens (tertiary/aromatic N) is 3. The van der Waals surface area contributed by atoms with E-state index in [1.54, 1.807) is 17.0 Å². The highest BCUT2D eigenvalue weighted by Crippen LogP contribution is 2.31. The monoisotopic (exact) mass is 377 g/mol. The van der Waals surface area contributed by atoms with Gasteiger partial charge in [-0.1, -0.05) is 0 Å². The molecule has 8 heteroatoms. The van der Waals surface area contributed by atoms with Crippen molar-refractivity contribution in [3.05, 3.63) is 24.2 Å². The summed E-state index contributed by atoms with van der Waals surface area (Å²) < 4.78 is 16.7. The summed E-state index contributed by atoms with van der Waals surface area (Å²) in [5.74, 6) is 0.0458. The highest BCUT2D eigenvalue weighted by Gasteiger charge is 2.39. The molecule has 148 valence electrons. The number of hydrogen-bond donors (Lipinski definition) is 0. The second-order valence-corrected chi connectivity index (χ2v) is 7.35. The van der Waals surface area contributed by atoms with Crippen LogP contribution in [0.4, 0.5) is 0 Å². The molecule has 1 aromatic rings. The molecule has 8 nitrogen and oxygen atoms in total. The van der Waals surface area contributed by atoms with Gasteiger partial charge in [0.2, 0.25) is 5.91 Å². The fourth-order valence-electron chi connectivity index (χ4n) is 4.03. The van der Waals surface area contributed by atoms with Crippen LogP contribution >= 0.6 is 0 Å². The molecule has 0 atom stereocenters. The van der Waals surface area contributed by atoms with E-state index < -0.39 is 0 Å². The van der Waals surface area contributed by atoms with Gasteiger partial charge in [0.1, 0.15) is 0 Å². The first-order valence-corrected chi connectivity index (χ1v) is 9.76. The normalized spacial score (nSPS) is 23.1. The number of hydrogen-bond acceptors (Lipinski definition) is 6. The molecule has 0 N–H and O–H groups in total. The molecule has 4 rings (SSSR count). The molecule has 0 bridgehead atoms. The first-order chi connectivity index (χ1) is 13.2. The van der Waals surface area contributed by atoms with Crippen LogP contribution in [0.3, 0.4) is 0 Å². The standard InChI is InChI=1S/C19H27N3O5/c23-17(3-6-20-7-4-19(5-8-20)26-14-15-27-19)21-9-11-22(12-10-21)18(24)16-2-1-13-25-16/h1-2,13H,3-12,14-15H2. The van der Waals surface area contributed by atoms with E-state index in [-0.39, 0.29) is 17.6 Å². The second-order valence-electron chi connectivity index (χ2n) is 7.35. The van der Waals surface area contributed by atoms with Crippen LogP contribution in [0.1, 0.15) is 29.8 Å². The smallest absolute Gasteiger partial charge is 0.289 e. The highest BCUT2D eigenvalue weighted by atomic mass is 16.7. The summed E-state index contributed by atoms with van der Waals surface area (Å²) in [5.41, 5.74) is 0. The molecule has 3 aliphatic heterocycles. The fourth-order valence-corrected chi connectivity index (χ4v) is 4.03. The molecule has 0 aromatic carbocycles. The number of piperazine rings is 1. The van der Waals surface area contributed by atoms with Crippen molar-refractivity contribution in [3.8, 4) is 0 Å². The van der Waals surface area contributed by atoms with Gasteiger partial charge in [-0.2, -0.15) is 0 Å². The van der Waals surface area contributed by atoms with Crippen LogP contribution in [0.15, 0.2) is 22.8 Å². The lowest BCUT2D eigenvalue weighted by Gasteiger charge is -2.38. The van der Waals surface area contributed by atoms with Crippen molar-refractivity contribution in [2.75, 3.05) is 59.0 Å². The molecule has 3 saturated heterocycles. The maximum atomic E-state index is 12.5. The molecule has 0 radical (unpaired) electrons. The van der Waals surface area contributed by atoms with Crippen molar-refractivity contribution in [3.63, 3.8) is 0 Å². The minimum Gasteiger partial charge on any atom is -0.459 e. The SMILES string of the molecule is O=C(CCN1CCC2(CC1)OCCO2)N1CCN(C(=O)c2ccco2)CC1.